The first-order chi connectivity index (χ1) is 17.4. The van der Waals surface area contributed by atoms with Gasteiger partial charge < -0.3 is 9.47 Å². The number of carbonyl (C=O) groups is 3. The SMILES string of the molecule is COC(=O)C12Cc3cc4ccccc4cc3CC(C(=O)OC)(Cc3nc4ccccc4nc3C1)C2=O. The van der Waals surface area contributed by atoms with E-state index in [1.54, 1.807) is 0 Å². The van der Waals surface area contributed by atoms with E-state index in [-0.39, 0.29) is 25.7 Å². The summed E-state index contributed by atoms with van der Waals surface area (Å²) in [6.45, 7) is 0. The van der Waals surface area contributed by atoms with Crippen LogP contribution < -0.4 is 0 Å². The molecule has 3 aromatic carbocycles. The molecule has 0 saturated heterocycles. The molecular formula is C29H24N2O5. The van der Waals surface area contributed by atoms with Gasteiger partial charge in [-0.3, -0.25) is 14.4 Å². The van der Waals surface area contributed by atoms with E-state index in [9.17, 15) is 14.4 Å². The van der Waals surface area contributed by atoms with Crippen LogP contribution in [0, 0.1) is 10.8 Å². The van der Waals surface area contributed by atoms with Gasteiger partial charge in [0, 0.05) is 12.8 Å². The van der Waals surface area contributed by atoms with Gasteiger partial charge in [0.2, 0.25) is 0 Å². The number of carbonyl (C=O) groups excluding carboxylic acids is 3. The fourth-order valence-electron chi connectivity index (χ4n) is 6.01. The van der Waals surface area contributed by atoms with Gasteiger partial charge in [-0.05, 0) is 46.9 Å². The van der Waals surface area contributed by atoms with Gasteiger partial charge in [0.25, 0.3) is 0 Å². The first kappa shape index (κ1) is 22.3. The van der Waals surface area contributed by atoms with Crippen molar-refractivity contribution in [1.29, 1.82) is 0 Å². The number of ketones is 1. The minimum absolute atomic E-state index is 0.00329. The Hall–Kier alpha value is -4.13. The van der Waals surface area contributed by atoms with Crippen molar-refractivity contribution >= 4 is 39.5 Å². The Kier molecular flexibility index (Phi) is 4.93. The number of hydrogen-bond acceptors (Lipinski definition) is 7. The van der Waals surface area contributed by atoms with E-state index in [2.05, 4.69) is 0 Å². The predicted molar refractivity (Wildman–Crippen MR) is 132 cm³/mol. The number of hydrogen-bond donors (Lipinski definition) is 0. The van der Waals surface area contributed by atoms with E-state index < -0.39 is 28.6 Å². The normalized spacial score (nSPS) is 22.8. The van der Waals surface area contributed by atoms with Crippen LogP contribution in [-0.4, -0.2) is 41.9 Å². The molecular weight excluding hydrogens is 456 g/mol. The highest BCUT2D eigenvalue weighted by Crippen LogP contribution is 2.49. The van der Waals surface area contributed by atoms with Crippen LogP contribution in [0.4, 0.5) is 0 Å². The van der Waals surface area contributed by atoms with Crippen LogP contribution in [0.5, 0.6) is 0 Å². The second kappa shape index (κ2) is 7.95. The lowest BCUT2D eigenvalue weighted by Crippen LogP contribution is -2.54. The molecule has 0 spiro atoms. The molecule has 2 atom stereocenters. The third-order valence-electron chi connectivity index (χ3n) is 7.74. The number of benzene rings is 3. The molecule has 0 fully saturated rings. The zero-order valence-corrected chi connectivity index (χ0v) is 20.0. The number of ether oxygens (including phenoxy) is 2. The number of nitrogens with zero attached hydrogens (tertiary/aromatic N) is 2. The highest BCUT2D eigenvalue weighted by Gasteiger charge is 2.63. The minimum Gasteiger partial charge on any atom is -0.468 e. The molecule has 4 aromatic rings. The maximum Gasteiger partial charge on any atom is 0.320 e. The summed E-state index contributed by atoms with van der Waals surface area (Å²) in [6, 6.07) is 19.3. The highest BCUT2D eigenvalue weighted by atomic mass is 16.5. The molecule has 2 aliphatic carbocycles. The van der Waals surface area contributed by atoms with E-state index >= 15 is 0 Å². The van der Waals surface area contributed by atoms with E-state index in [1.165, 1.54) is 14.2 Å². The smallest absolute Gasteiger partial charge is 0.320 e. The summed E-state index contributed by atoms with van der Waals surface area (Å²) in [7, 11) is 2.54. The summed E-state index contributed by atoms with van der Waals surface area (Å²) in [4.78, 5) is 51.3. The first-order valence-electron chi connectivity index (χ1n) is 11.9. The number of aromatic nitrogens is 2. The summed E-state index contributed by atoms with van der Waals surface area (Å²) in [5, 5.41) is 1.99. The fraction of sp³-hybridized carbons (Fsp3) is 0.276. The average molecular weight is 481 g/mol. The summed E-state index contributed by atoms with van der Waals surface area (Å²) >= 11 is 0. The molecule has 36 heavy (non-hydrogen) atoms. The van der Waals surface area contributed by atoms with Crippen LogP contribution in [0.15, 0.2) is 60.7 Å². The van der Waals surface area contributed by atoms with Gasteiger partial charge in [0.15, 0.2) is 5.78 Å². The summed E-state index contributed by atoms with van der Waals surface area (Å²) < 4.78 is 10.5. The molecule has 1 aromatic heterocycles. The van der Waals surface area contributed by atoms with Crippen LogP contribution in [0.3, 0.4) is 0 Å². The second-order valence-corrected chi connectivity index (χ2v) is 9.76. The van der Waals surface area contributed by atoms with Crippen molar-refractivity contribution in [2.24, 2.45) is 10.8 Å². The summed E-state index contributed by atoms with van der Waals surface area (Å²) in [6.07, 6.45) is 0.199. The molecule has 0 amide bonds. The molecule has 0 radical (unpaired) electrons. The molecule has 180 valence electrons. The van der Waals surface area contributed by atoms with Gasteiger partial charge in [-0.1, -0.05) is 48.5 Å². The summed E-state index contributed by atoms with van der Waals surface area (Å²) in [5.41, 5.74) is 0.793. The monoisotopic (exact) mass is 480 g/mol. The summed E-state index contributed by atoms with van der Waals surface area (Å²) in [5.74, 6) is -1.84. The third-order valence-corrected chi connectivity index (χ3v) is 7.74. The molecule has 0 saturated carbocycles. The fourth-order valence-corrected chi connectivity index (χ4v) is 6.01. The first-order valence-corrected chi connectivity index (χ1v) is 11.9. The number of rotatable bonds is 2. The van der Waals surface area contributed by atoms with Crippen molar-refractivity contribution < 1.29 is 23.9 Å². The Morgan fingerprint density at radius 2 is 1.11 bits per heavy atom. The Bertz CT molecular complexity index is 1390. The van der Waals surface area contributed by atoms with Crippen LogP contribution in [0.25, 0.3) is 21.8 Å². The Balaban J connectivity index is 1.68. The molecule has 0 N–H and O–H groups in total. The minimum atomic E-state index is -1.64. The molecule has 7 nitrogen and oxygen atoms in total. The van der Waals surface area contributed by atoms with Crippen molar-refractivity contribution in [1.82, 2.24) is 9.97 Å². The van der Waals surface area contributed by atoms with Gasteiger partial charge >= 0.3 is 11.9 Å². The number of methoxy groups -OCH3 is 2. The molecule has 2 aliphatic rings. The van der Waals surface area contributed by atoms with Crippen molar-refractivity contribution in [2.75, 3.05) is 14.2 Å². The van der Waals surface area contributed by atoms with E-state index in [4.69, 9.17) is 19.4 Å². The van der Waals surface area contributed by atoms with Crippen molar-refractivity contribution in [2.45, 2.75) is 25.7 Å². The standard InChI is InChI=1S/C29H24N2O5/c1-35-26(33)28-13-19-11-17-7-3-4-8-18(17)12-20(19)14-29(25(28)32,27(34)36-2)16-24-23(15-28)30-21-9-5-6-10-22(21)31-24/h3-12H,13-16H2,1-2H3. The maximum absolute atomic E-state index is 14.6. The maximum atomic E-state index is 14.6. The van der Waals surface area contributed by atoms with Gasteiger partial charge in [-0.25, -0.2) is 9.97 Å². The Labute approximate surface area is 207 Å². The Morgan fingerprint density at radius 1 is 0.694 bits per heavy atom. The lowest BCUT2D eigenvalue weighted by atomic mass is 9.66. The number of Topliss-reactive ketones (excluding diaryl/α,β-unsaturated/α-hetero) is 1. The molecule has 2 bridgehead atoms. The topological polar surface area (TPSA) is 95.5 Å². The molecule has 2 unspecified atom stereocenters. The van der Waals surface area contributed by atoms with E-state index in [0.717, 1.165) is 21.9 Å². The molecule has 0 aliphatic heterocycles. The van der Waals surface area contributed by atoms with Crippen molar-refractivity contribution in [3.8, 4) is 0 Å². The van der Waals surface area contributed by atoms with Crippen molar-refractivity contribution in [3.05, 3.63) is 83.2 Å². The van der Waals surface area contributed by atoms with Crippen LogP contribution in [0.2, 0.25) is 0 Å². The van der Waals surface area contributed by atoms with E-state index in [0.29, 0.717) is 22.4 Å². The zero-order valence-electron chi connectivity index (χ0n) is 20.0. The average Bonchev–Trinajstić information content (AvgIpc) is 3.06. The number of para-hydroxylation sites is 2. The van der Waals surface area contributed by atoms with Crippen LogP contribution >= 0.6 is 0 Å². The van der Waals surface area contributed by atoms with Gasteiger partial charge in [0.05, 0.1) is 36.6 Å². The quantitative estimate of drug-likeness (QED) is 0.320. The van der Waals surface area contributed by atoms with Crippen LogP contribution in [0.1, 0.15) is 22.5 Å². The highest BCUT2D eigenvalue weighted by molar-refractivity contribution is 6.16. The third kappa shape index (κ3) is 3.08. The molecule has 1 heterocycles. The van der Waals surface area contributed by atoms with Gasteiger partial charge in [-0.2, -0.15) is 0 Å². The number of esters is 2. The lowest BCUT2D eigenvalue weighted by Gasteiger charge is -2.33. The zero-order chi connectivity index (χ0) is 25.1. The van der Waals surface area contributed by atoms with Gasteiger partial charge in [-0.15, -0.1) is 0 Å². The molecule has 7 heteroatoms. The largest absolute Gasteiger partial charge is 0.468 e. The number of fused-ring (bicyclic) bond motifs is 6. The Morgan fingerprint density at radius 3 is 1.53 bits per heavy atom. The molecule has 6 rings (SSSR count). The predicted octanol–water partition coefficient (Wildman–Crippen LogP) is 3.57. The second-order valence-electron chi connectivity index (χ2n) is 9.76. The van der Waals surface area contributed by atoms with Gasteiger partial charge in [0.1, 0.15) is 10.8 Å². The van der Waals surface area contributed by atoms with Crippen LogP contribution in [-0.2, 0) is 49.5 Å². The van der Waals surface area contributed by atoms with Crippen molar-refractivity contribution in [3.63, 3.8) is 0 Å². The lowest BCUT2D eigenvalue weighted by molar-refractivity contribution is -0.168. The van der Waals surface area contributed by atoms with E-state index in [1.807, 2.05) is 60.7 Å².